The summed E-state index contributed by atoms with van der Waals surface area (Å²) in [5.74, 6) is 5.84. The Morgan fingerprint density at radius 3 is 2.80 bits per heavy atom. The first kappa shape index (κ1) is 14.2. The summed E-state index contributed by atoms with van der Waals surface area (Å²) in [6.45, 7) is 4.70. The van der Waals surface area contributed by atoms with Crippen LogP contribution >= 0.6 is 0 Å². The molecule has 0 saturated heterocycles. The molecule has 0 bridgehead atoms. The maximum atomic E-state index is 5.41. The minimum Gasteiger partial charge on any atom is -0.461 e. The summed E-state index contributed by atoms with van der Waals surface area (Å²) in [7, 11) is 0. The van der Waals surface area contributed by atoms with Crippen molar-refractivity contribution in [3.63, 3.8) is 0 Å². The normalized spacial score (nSPS) is 10.8. The zero-order valence-corrected chi connectivity index (χ0v) is 11.4. The van der Waals surface area contributed by atoms with Crippen LogP contribution in [0, 0.1) is 0 Å². The summed E-state index contributed by atoms with van der Waals surface area (Å²) >= 11 is 0. The molecule has 0 unspecified atom stereocenters. The number of rotatable bonds is 7. The molecule has 0 saturated carbocycles. The third-order valence-corrected chi connectivity index (χ3v) is 2.21. The molecule has 0 aliphatic heterocycles. The van der Waals surface area contributed by atoms with Gasteiger partial charge in [-0.15, -0.1) is 0 Å². The Morgan fingerprint density at radius 1 is 1.30 bits per heavy atom. The Balaban J connectivity index is 2.06. The Bertz CT molecular complexity index is 530. The van der Waals surface area contributed by atoms with E-state index in [0.29, 0.717) is 19.2 Å². The molecule has 2 aromatic heterocycles. The highest BCUT2D eigenvalue weighted by Gasteiger charge is 2.08. The summed E-state index contributed by atoms with van der Waals surface area (Å²) in [5, 5.41) is 4.04. The quantitative estimate of drug-likeness (QED) is 0.418. The molecule has 0 aliphatic carbocycles. The summed E-state index contributed by atoms with van der Waals surface area (Å²) in [5.41, 5.74) is 2.36. The molecule has 0 amide bonds. The van der Waals surface area contributed by atoms with Gasteiger partial charge in [-0.25, -0.2) is 10.5 Å². The molecule has 0 fully saturated rings. The monoisotopic (exact) mass is 279 g/mol. The van der Waals surface area contributed by atoms with Crippen LogP contribution in [0.2, 0.25) is 0 Å². The van der Waals surface area contributed by atoms with E-state index in [1.807, 2.05) is 13.8 Å². The zero-order chi connectivity index (χ0) is 14.4. The molecule has 0 spiro atoms. The van der Waals surface area contributed by atoms with Crippen molar-refractivity contribution in [3.05, 3.63) is 18.5 Å². The third kappa shape index (κ3) is 3.87. The Labute approximate surface area is 116 Å². The smallest absolute Gasteiger partial charge is 0.323 e. The topological polar surface area (TPSA) is 113 Å². The lowest BCUT2D eigenvalue weighted by Gasteiger charge is -2.09. The van der Waals surface area contributed by atoms with E-state index < -0.39 is 0 Å². The lowest BCUT2D eigenvalue weighted by atomic mass is 10.5. The second kappa shape index (κ2) is 6.78. The lowest BCUT2D eigenvalue weighted by molar-refractivity contribution is 0.0531. The number of aromatic nitrogens is 5. The SMILES string of the molecule is CC(C)OCCOc1nc(NN)nc(-n2cccn2)n1. The number of hydrazine groups is 1. The molecular formula is C11H17N7O2. The van der Waals surface area contributed by atoms with Crippen LogP contribution in [0.4, 0.5) is 5.95 Å². The van der Waals surface area contributed by atoms with Gasteiger partial charge in [0, 0.05) is 12.4 Å². The van der Waals surface area contributed by atoms with Crippen molar-refractivity contribution >= 4 is 5.95 Å². The number of nitrogen functional groups attached to an aromatic ring is 1. The lowest BCUT2D eigenvalue weighted by Crippen LogP contribution is -2.17. The van der Waals surface area contributed by atoms with Crippen LogP contribution in [0.25, 0.3) is 5.95 Å². The van der Waals surface area contributed by atoms with Gasteiger partial charge in [0.1, 0.15) is 6.61 Å². The molecule has 0 radical (unpaired) electrons. The molecular weight excluding hydrogens is 262 g/mol. The van der Waals surface area contributed by atoms with E-state index >= 15 is 0 Å². The third-order valence-electron chi connectivity index (χ3n) is 2.21. The summed E-state index contributed by atoms with van der Waals surface area (Å²) in [6.07, 6.45) is 3.48. The average molecular weight is 279 g/mol. The second-order valence-electron chi connectivity index (χ2n) is 4.10. The van der Waals surface area contributed by atoms with Crippen molar-refractivity contribution in [1.29, 1.82) is 0 Å². The van der Waals surface area contributed by atoms with E-state index in [-0.39, 0.29) is 18.1 Å². The summed E-state index contributed by atoms with van der Waals surface area (Å²) in [6, 6.07) is 1.92. The minimum absolute atomic E-state index is 0.151. The number of anilines is 1. The van der Waals surface area contributed by atoms with Crippen LogP contribution in [0.1, 0.15) is 13.8 Å². The highest BCUT2D eigenvalue weighted by Crippen LogP contribution is 2.09. The number of nitrogens with two attached hydrogens (primary N) is 1. The van der Waals surface area contributed by atoms with Gasteiger partial charge in [-0.2, -0.15) is 20.1 Å². The van der Waals surface area contributed by atoms with Crippen LogP contribution < -0.4 is 16.0 Å². The van der Waals surface area contributed by atoms with E-state index in [0.717, 1.165) is 0 Å². The van der Waals surface area contributed by atoms with Crippen molar-refractivity contribution in [2.75, 3.05) is 18.6 Å². The number of hydrogen-bond donors (Lipinski definition) is 2. The van der Waals surface area contributed by atoms with Crippen molar-refractivity contribution in [3.8, 4) is 12.0 Å². The minimum atomic E-state index is 0.151. The highest BCUT2D eigenvalue weighted by atomic mass is 16.5. The van der Waals surface area contributed by atoms with E-state index in [2.05, 4.69) is 25.5 Å². The van der Waals surface area contributed by atoms with Gasteiger partial charge in [0.05, 0.1) is 12.7 Å². The molecule has 0 aromatic carbocycles. The second-order valence-corrected chi connectivity index (χ2v) is 4.10. The molecule has 20 heavy (non-hydrogen) atoms. The molecule has 3 N–H and O–H groups in total. The predicted octanol–water partition coefficient (Wildman–Crippen LogP) is 0.147. The maximum Gasteiger partial charge on any atom is 0.323 e. The van der Waals surface area contributed by atoms with E-state index in [4.69, 9.17) is 15.3 Å². The maximum absolute atomic E-state index is 5.41. The standard InChI is InChI=1S/C11H17N7O2/c1-8(2)19-6-7-20-11-15-9(17-12)14-10(16-11)18-5-3-4-13-18/h3-5,8H,6-7,12H2,1-2H3,(H,14,15,16,17). The summed E-state index contributed by atoms with van der Waals surface area (Å²) < 4.78 is 12.3. The molecule has 2 rings (SSSR count). The Hall–Kier alpha value is -2.26. The number of nitrogens with zero attached hydrogens (tertiary/aromatic N) is 5. The number of hydrogen-bond acceptors (Lipinski definition) is 8. The molecule has 9 heteroatoms. The van der Waals surface area contributed by atoms with Gasteiger partial charge >= 0.3 is 6.01 Å². The Kier molecular flexibility index (Phi) is 4.80. The zero-order valence-electron chi connectivity index (χ0n) is 11.4. The molecule has 2 aromatic rings. The fourth-order valence-electron chi connectivity index (χ4n) is 1.38. The van der Waals surface area contributed by atoms with E-state index in [9.17, 15) is 0 Å². The van der Waals surface area contributed by atoms with Crippen LogP contribution in [0.15, 0.2) is 18.5 Å². The van der Waals surface area contributed by atoms with E-state index in [1.165, 1.54) is 4.68 Å². The van der Waals surface area contributed by atoms with E-state index in [1.54, 1.807) is 18.5 Å². The predicted molar refractivity (Wildman–Crippen MR) is 71.3 cm³/mol. The molecule has 0 aliphatic rings. The van der Waals surface area contributed by atoms with Crippen molar-refractivity contribution in [2.24, 2.45) is 5.84 Å². The summed E-state index contributed by atoms with van der Waals surface area (Å²) in [4.78, 5) is 12.2. The van der Waals surface area contributed by atoms with Crippen molar-refractivity contribution in [2.45, 2.75) is 20.0 Å². The first-order chi connectivity index (χ1) is 9.69. The largest absolute Gasteiger partial charge is 0.461 e. The first-order valence-corrected chi connectivity index (χ1v) is 6.16. The van der Waals surface area contributed by atoms with Gasteiger partial charge in [-0.1, -0.05) is 0 Å². The van der Waals surface area contributed by atoms with Gasteiger partial charge < -0.3 is 9.47 Å². The van der Waals surface area contributed by atoms with Gasteiger partial charge in [-0.3, -0.25) is 5.43 Å². The average Bonchev–Trinajstić information content (AvgIpc) is 2.97. The van der Waals surface area contributed by atoms with Crippen molar-refractivity contribution < 1.29 is 9.47 Å². The fourth-order valence-corrected chi connectivity index (χ4v) is 1.38. The Morgan fingerprint density at radius 2 is 2.15 bits per heavy atom. The highest BCUT2D eigenvalue weighted by molar-refractivity contribution is 5.28. The van der Waals surface area contributed by atoms with Gasteiger partial charge in [0.2, 0.25) is 5.95 Å². The van der Waals surface area contributed by atoms with Crippen LogP contribution in [0.5, 0.6) is 6.01 Å². The van der Waals surface area contributed by atoms with Crippen LogP contribution in [-0.4, -0.2) is 44.1 Å². The molecule has 0 atom stereocenters. The van der Waals surface area contributed by atoms with Crippen molar-refractivity contribution in [1.82, 2.24) is 24.7 Å². The molecule has 108 valence electrons. The van der Waals surface area contributed by atoms with Gasteiger partial charge in [0.15, 0.2) is 0 Å². The van der Waals surface area contributed by atoms with Gasteiger partial charge in [-0.05, 0) is 19.9 Å². The van der Waals surface area contributed by atoms with Crippen LogP contribution in [-0.2, 0) is 4.74 Å². The first-order valence-electron chi connectivity index (χ1n) is 6.16. The molecule has 9 nitrogen and oxygen atoms in total. The van der Waals surface area contributed by atoms with Crippen LogP contribution in [0.3, 0.4) is 0 Å². The molecule has 2 heterocycles. The fraction of sp³-hybridized carbons (Fsp3) is 0.455. The van der Waals surface area contributed by atoms with Gasteiger partial charge in [0.25, 0.3) is 5.95 Å². The number of nitrogens with one attached hydrogen (secondary N) is 1. The number of ether oxygens (including phenoxy) is 2.